The van der Waals surface area contributed by atoms with E-state index in [4.69, 9.17) is 53.9 Å². The van der Waals surface area contributed by atoms with E-state index in [2.05, 4.69) is 4.74 Å². The summed E-state index contributed by atoms with van der Waals surface area (Å²) in [5.41, 5.74) is 3.60. The van der Waals surface area contributed by atoms with E-state index in [0.29, 0.717) is 0 Å². The van der Waals surface area contributed by atoms with Gasteiger partial charge in [-0.3, -0.25) is 9.59 Å². The molecule has 1 heterocycles. The third-order valence-electron chi connectivity index (χ3n) is 5.18. The maximum Gasteiger partial charge on any atom is 0.302 e. The van der Waals surface area contributed by atoms with Crippen molar-refractivity contribution >= 4 is 61.1 Å². The standard InChI is InChI=1S/C20H14B5NO7S/c1-31-17(28)18(21,22)11-7-9-12(10-8-11)19(23)15(27)14(16(26)32-19)33-34(29,30)20(24,25)13-5-3-2-4-6-13/h2-10H,26H2,1H3/t19-/m0/s1. The van der Waals surface area contributed by atoms with Gasteiger partial charge in [-0.05, 0) is 16.7 Å². The second-order valence-electron chi connectivity index (χ2n) is 7.49. The number of rotatable bonds is 7. The van der Waals surface area contributed by atoms with E-state index in [-0.39, 0.29) is 16.7 Å². The number of methoxy groups -OCH3 is 1. The normalized spacial score (nSPS) is 18.9. The molecule has 3 rings (SSSR count). The van der Waals surface area contributed by atoms with Gasteiger partial charge in [-0.25, -0.2) is 0 Å². The number of ether oxygens (including phenoxy) is 2. The van der Waals surface area contributed by atoms with Crippen molar-refractivity contribution in [3.8, 4) is 0 Å². The van der Waals surface area contributed by atoms with Gasteiger partial charge < -0.3 is 19.4 Å². The number of benzene rings is 2. The third kappa shape index (κ3) is 4.15. The average Bonchev–Trinajstić information content (AvgIpc) is 3.02. The molecule has 34 heavy (non-hydrogen) atoms. The van der Waals surface area contributed by atoms with Crippen LogP contribution in [0.5, 0.6) is 0 Å². The monoisotopic (exact) mass is 467 g/mol. The van der Waals surface area contributed by atoms with Gasteiger partial charge in [0.2, 0.25) is 17.4 Å². The van der Waals surface area contributed by atoms with Crippen LogP contribution in [0.1, 0.15) is 16.7 Å². The van der Waals surface area contributed by atoms with Crippen LogP contribution in [0.3, 0.4) is 0 Å². The molecule has 1 aliphatic rings. The number of Topliss-reactive ketones (excluding diaryl/α,β-unsaturated/α-hetero) is 1. The Morgan fingerprint density at radius 2 is 1.56 bits per heavy atom. The number of hydrogen-bond acceptors (Lipinski definition) is 8. The molecule has 2 N–H and O–H groups in total. The van der Waals surface area contributed by atoms with E-state index >= 15 is 0 Å². The minimum Gasteiger partial charge on any atom is -0.469 e. The van der Waals surface area contributed by atoms with E-state index in [0.717, 1.165) is 7.11 Å². The summed E-state index contributed by atoms with van der Waals surface area (Å²) in [6.07, 6.45) is 0. The molecule has 0 amide bonds. The molecule has 0 unspecified atom stereocenters. The quantitative estimate of drug-likeness (QED) is 0.310. The Kier molecular flexibility index (Phi) is 6.52. The van der Waals surface area contributed by atoms with Gasteiger partial charge in [-0.15, -0.1) is 0 Å². The Balaban J connectivity index is 1.89. The molecule has 1 atom stereocenters. The Morgan fingerprint density at radius 3 is 2.09 bits per heavy atom. The summed E-state index contributed by atoms with van der Waals surface area (Å²) in [7, 11) is 25.6. The first-order chi connectivity index (χ1) is 15.7. The Morgan fingerprint density at radius 1 is 1.00 bits per heavy atom. The first-order valence-electron chi connectivity index (χ1n) is 9.55. The number of carbonyl (C=O) groups excluding carboxylic acids is 2. The molecule has 2 aromatic carbocycles. The second kappa shape index (κ2) is 8.65. The van der Waals surface area contributed by atoms with Crippen LogP contribution in [-0.4, -0.2) is 66.5 Å². The molecule has 0 saturated heterocycles. The topological polar surface area (TPSA) is 122 Å². The minimum atomic E-state index is -4.86. The molecular formula is C20H14B5NO7S. The summed E-state index contributed by atoms with van der Waals surface area (Å²) in [5, 5.41) is -1.97. The second-order valence-corrected chi connectivity index (χ2v) is 9.25. The lowest BCUT2D eigenvalue weighted by atomic mass is 9.51. The fourth-order valence-electron chi connectivity index (χ4n) is 3.12. The van der Waals surface area contributed by atoms with E-state index in [1.165, 1.54) is 48.5 Å². The number of hydrogen-bond donors (Lipinski definition) is 1. The summed E-state index contributed by atoms with van der Waals surface area (Å²) in [5.74, 6) is -3.63. The van der Waals surface area contributed by atoms with Gasteiger partial charge >= 0.3 is 10.1 Å². The predicted molar refractivity (Wildman–Crippen MR) is 126 cm³/mol. The zero-order chi connectivity index (χ0) is 25.5. The summed E-state index contributed by atoms with van der Waals surface area (Å²) in [6.45, 7) is 0. The maximum atomic E-state index is 13.0. The molecule has 8 nitrogen and oxygen atoms in total. The largest absolute Gasteiger partial charge is 0.469 e. The van der Waals surface area contributed by atoms with Crippen LogP contribution in [0.4, 0.5) is 0 Å². The molecular weight excluding hydrogens is 452 g/mol. The van der Waals surface area contributed by atoms with Crippen LogP contribution >= 0.6 is 0 Å². The van der Waals surface area contributed by atoms with Crippen molar-refractivity contribution in [3.05, 3.63) is 82.9 Å². The Labute approximate surface area is 203 Å². The molecule has 0 bridgehead atoms. The molecule has 0 aromatic heterocycles. The van der Waals surface area contributed by atoms with Gasteiger partial charge in [-0.1, -0.05) is 54.6 Å². The van der Waals surface area contributed by atoms with Crippen LogP contribution in [0.15, 0.2) is 66.2 Å². The van der Waals surface area contributed by atoms with Gasteiger partial charge in [0, 0.05) is 5.21 Å². The zero-order valence-electron chi connectivity index (χ0n) is 17.9. The summed E-state index contributed by atoms with van der Waals surface area (Å²) < 4.78 is 37.8. The number of ketones is 1. The van der Waals surface area contributed by atoms with Crippen LogP contribution in [0, 0.1) is 0 Å². The molecule has 1 aliphatic heterocycles. The van der Waals surface area contributed by atoms with Crippen molar-refractivity contribution < 1.29 is 31.7 Å². The first-order valence-corrected chi connectivity index (χ1v) is 11.0. The Hall–Kier alpha value is -3.01. The molecule has 0 saturated carbocycles. The van der Waals surface area contributed by atoms with Crippen molar-refractivity contribution in [2.45, 2.75) is 15.3 Å². The highest BCUT2D eigenvalue weighted by Crippen LogP contribution is 2.38. The molecule has 14 heteroatoms. The smallest absolute Gasteiger partial charge is 0.302 e. The fraction of sp³-hybridized carbons (Fsp3) is 0.200. The fourth-order valence-corrected chi connectivity index (χ4v) is 4.06. The van der Waals surface area contributed by atoms with Crippen molar-refractivity contribution in [2.24, 2.45) is 5.73 Å². The van der Waals surface area contributed by atoms with Crippen molar-refractivity contribution in [1.29, 1.82) is 0 Å². The first kappa shape index (κ1) is 25.6. The predicted octanol–water partition coefficient (Wildman–Crippen LogP) is -1.11. The van der Waals surface area contributed by atoms with Gasteiger partial charge in [0.25, 0.3) is 5.97 Å². The zero-order valence-corrected chi connectivity index (χ0v) is 18.7. The molecule has 162 valence electrons. The lowest BCUT2D eigenvalue weighted by Crippen LogP contribution is -2.40. The van der Waals surface area contributed by atoms with E-state index in [9.17, 15) is 18.0 Å². The van der Waals surface area contributed by atoms with E-state index < -0.39 is 48.8 Å². The van der Waals surface area contributed by atoms with Crippen LogP contribution in [0.2, 0.25) is 0 Å². The highest BCUT2D eigenvalue weighted by atomic mass is 32.2. The van der Waals surface area contributed by atoms with Crippen molar-refractivity contribution in [1.82, 2.24) is 0 Å². The minimum absolute atomic E-state index is 0.00667. The highest BCUT2D eigenvalue weighted by Gasteiger charge is 2.50. The number of nitrogens with two attached hydrogens (primary N) is 1. The average molecular weight is 466 g/mol. The van der Waals surface area contributed by atoms with E-state index in [1.54, 1.807) is 6.07 Å². The maximum absolute atomic E-state index is 13.0. The third-order valence-corrected chi connectivity index (χ3v) is 6.63. The van der Waals surface area contributed by atoms with Crippen LogP contribution < -0.4 is 5.73 Å². The van der Waals surface area contributed by atoms with Gasteiger partial charge in [0.05, 0.1) is 43.0 Å². The lowest BCUT2D eigenvalue weighted by molar-refractivity contribution is -0.141. The Bertz CT molecular complexity index is 1260. The van der Waals surface area contributed by atoms with Crippen molar-refractivity contribution in [2.75, 3.05) is 7.11 Å². The van der Waals surface area contributed by atoms with E-state index in [1.807, 2.05) is 0 Å². The lowest BCUT2D eigenvalue weighted by Gasteiger charge is -2.27. The summed E-state index contributed by atoms with van der Waals surface area (Å²) >= 11 is 0. The summed E-state index contributed by atoms with van der Waals surface area (Å²) in [6, 6.07) is 12.6. The highest BCUT2D eigenvalue weighted by molar-refractivity contribution is 7.90. The SMILES string of the molecule is [B]C([B])(C(=O)OC)c1ccc([C@]2([B])OC(N)=C(OS(=O)(=O)C([B])([B])c3ccccc3)C2=O)cc1. The number of carbonyl (C=O) groups is 2. The van der Waals surface area contributed by atoms with Gasteiger partial charge in [-0.2, -0.15) is 8.42 Å². The van der Waals surface area contributed by atoms with Crippen LogP contribution in [0.25, 0.3) is 0 Å². The molecule has 0 aliphatic carbocycles. The van der Waals surface area contributed by atoms with Crippen molar-refractivity contribution in [3.63, 3.8) is 0 Å². The summed E-state index contributed by atoms with van der Waals surface area (Å²) in [4.78, 5) is 24.8. The van der Waals surface area contributed by atoms with Crippen LogP contribution in [-0.2, 0) is 48.6 Å². The molecule has 2 aromatic rings. The molecule has 10 radical (unpaired) electrons. The number of esters is 1. The van der Waals surface area contributed by atoms with Gasteiger partial charge in [0.1, 0.15) is 7.85 Å². The molecule has 0 spiro atoms. The van der Waals surface area contributed by atoms with Gasteiger partial charge in [0.15, 0.2) is 5.50 Å². The molecule has 0 fully saturated rings.